The van der Waals surface area contributed by atoms with Crippen molar-refractivity contribution in [3.8, 4) is 11.1 Å². The molecule has 0 bridgehead atoms. The number of piperidine rings is 1. The highest BCUT2D eigenvalue weighted by atomic mass is 19.4. The number of anilines is 3. The van der Waals surface area contributed by atoms with Crippen molar-refractivity contribution in [2.75, 3.05) is 102 Å². The molecular weight excluding hydrogens is 946 g/mol. The maximum Gasteiger partial charge on any atom is 0.417 e. The van der Waals surface area contributed by atoms with Crippen LogP contribution in [0.15, 0.2) is 77.7 Å². The molecule has 0 radical (unpaired) electrons. The zero-order chi connectivity index (χ0) is 51.8. The van der Waals surface area contributed by atoms with Crippen LogP contribution in [0, 0.1) is 0 Å². The van der Waals surface area contributed by atoms with Crippen LogP contribution in [0.4, 0.5) is 30.2 Å². The molecule has 8 rings (SSSR count). The number of benzene rings is 3. The SMILES string of the molecule is CN1CCN(c2ccc(-c3cccc(CN4CCN(CCNC(=O)CCCCCCCNc5cccc6c5C(=O)N(C5CCC(=O)N(C)C5=O)C6=O)CC4)c3)cc2NC(=O)c2c[nH]c(=O)cc2C(F)(F)F)CC1. The fraction of sp³-hybridized carbons (Fsp3) is 0.453. The molecule has 0 spiro atoms. The Balaban J connectivity index is 0.737. The molecule has 388 valence electrons. The predicted molar refractivity (Wildman–Crippen MR) is 270 cm³/mol. The van der Waals surface area contributed by atoms with Crippen molar-refractivity contribution >= 4 is 52.5 Å². The number of carbonyl (C=O) groups excluding carboxylic acids is 6. The van der Waals surface area contributed by atoms with Crippen LogP contribution in [0.2, 0.25) is 0 Å². The summed E-state index contributed by atoms with van der Waals surface area (Å²) in [7, 11) is 3.39. The molecule has 4 aliphatic heterocycles. The van der Waals surface area contributed by atoms with E-state index in [2.05, 4.69) is 52.7 Å². The van der Waals surface area contributed by atoms with Gasteiger partial charge in [0.2, 0.25) is 17.4 Å². The first-order valence-corrected chi connectivity index (χ1v) is 25.1. The van der Waals surface area contributed by atoms with Crippen LogP contribution in [0.1, 0.15) is 93.6 Å². The summed E-state index contributed by atoms with van der Waals surface area (Å²) >= 11 is 0. The summed E-state index contributed by atoms with van der Waals surface area (Å²) in [6, 6.07) is 18.2. The number of hydrogen-bond acceptors (Lipinski definition) is 12. The molecule has 17 nitrogen and oxygen atoms in total. The van der Waals surface area contributed by atoms with E-state index in [1.54, 1.807) is 24.3 Å². The molecule has 1 unspecified atom stereocenters. The van der Waals surface area contributed by atoms with Gasteiger partial charge in [0.25, 0.3) is 23.6 Å². The van der Waals surface area contributed by atoms with Crippen LogP contribution in [-0.2, 0) is 27.1 Å². The third kappa shape index (κ3) is 12.7. The van der Waals surface area contributed by atoms with Gasteiger partial charge in [0.15, 0.2) is 0 Å². The van der Waals surface area contributed by atoms with E-state index in [0.717, 1.165) is 117 Å². The van der Waals surface area contributed by atoms with Gasteiger partial charge in [0.05, 0.1) is 33.6 Å². The highest BCUT2D eigenvalue weighted by molar-refractivity contribution is 6.25. The number of hydrogen-bond donors (Lipinski definition) is 4. The largest absolute Gasteiger partial charge is 0.417 e. The smallest absolute Gasteiger partial charge is 0.384 e. The molecule has 4 aliphatic rings. The van der Waals surface area contributed by atoms with Crippen LogP contribution < -0.4 is 26.4 Å². The molecule has 73 heavy (non-hydrogen) atoms. The number of nitrogens with zero attached hydrogens (tertiary/aromatic N) is 6. The lowest BCUT2D eigenvalue weighted by molar-refractivity contribution is -0.149. The minimum atomic E-state index is -4.90. The van der Waals surface area contributed by atoms with Crippen molar-refractivity contribution in [2.24, 2.45) is 0 Å². The van der Waals surface area contributed by atoms with Gasteiger partial charge in [-0.15, -0.1) is 0 Å². The van der Waals surface area contributed by atoms with E-state index >= 15 is 0 Å². The number of unbranched alkanes of at least 4 members (excludes halogenated alkanes) is 4. The number of aromatic nitrogens is 1. The average molecular weight is 1010 g/mol. The minimum Gasteiger partial charge on any atom is -0.384 e. The van der Waals surface area contributed by atoms with E-state index in [4.69, 9.17) is 0 Å². The van der Waals surface area contributed by atoms with E-state index in [1.165, 1.54) is 7.05 Å². The third-order valence-corrected chi connectivity index (χ3v) is 14.2. The first-order chi connectivity index (χ1) is 35.0. The van der Waals surface area contributed by atoms with Crippen molar-refractivity contribution in [2.45, 2.75) is 70.1 Å². The van der Waals surface area contributed by atoms with Crippen molar-refractivity contribution < 1.29 is 41.9 Å². The number of nitrogens with one attached hydrogen (secondary N) is 4. The maximum absolute atomic E-state index is 13.9. The Morgan fingerprint density at radius 2 is 1.45 bits per heavy atom. The molecule has 6 amide bonds. The summed E-state index contributed by atoms with van der Waals surface area (Å²) in [5, 5.41) is 9.10. The number of piperazine rings is 2. The number of alkyl halides is 3. The molecule has 5 heterocycles. The Labute approximate surface area is 422 Å². The number of pyridine rings is 1. The van der Waals surface area contributed by atoms with Gasteiger partial charge in [0.1, 0.15) is 6.04 Å². The van der Waals surface area contributed by atoms with Crippen LogP contribution >= 0.6 is 0 Å². The second kappa shape index (κ2) is 23.3. The number of carbonyl (C=O) groups is 6. The number of likely N-dealkylation sites (tertiary alicyclic amines) is 1. The monoisotopic (exact) mass is 1010 g/mol. The summed E-state index contributed by atoms with van der Waals surface area (Å²) in [5.41, 5.74) is 1.95. The zero-order valence-corrected chi connectivity index (χ0v) is 41.3. The molecule has 3 aromatic carbocycles. The molecule has 1 aromatic heterocycles. The molecular formula is C53H63F3N10O7. The highest BCUT2D eigenvalue weighted by Crippen LogP contribution is 2.36. The lowest BCUT2D eigenvalue weighted by atomic mass is 10.0. The first kappa shape index (κ1) is 52.4. The number of likely N-dealkylation sites (N-methyl/N-ethyl adjacent to an activating group) is 2. The zero-order valence-electron chi connectivity index (χ0n) is 41.3. The molecule has 4 aromatic rings. The van der Waals surface area contributed by atoms with Gasteiger partial charge in [-0.05, 0) is 73.3 Å². The maximum atomic E-state index is 13.9. The van der Waals surface area contributed by atoms with Gasteiger partial charge < -0.3 is 30.7 Å². The van der Waals surface area contributed by atoms with Crippen LogP contribution in [0.3, 0.4) is 0 Å². The fourth-order valence-electron chi connectivity index (χ4n) is 9.98. The lowest BCUT2D eigenvalue weighted by Gasteiger charge is -2.35. The lowest BCUT2D eigenvalue weighted by Crippen LogP contribution is -2.54. The van der Waals surface area contributed by atoms with Gasteiger partial charge in [-0.3, -0.25) is 53.2 Å². The van der Waals surface area contributed by atoms with Crippen LogP contribution in [0.25, 0.3) is 11.1 Å². The molecule has 0 saturated carbocycles. The van der Waals surface area contributed by atoms with Gasteiger partial charge in [0, 0.05) is 116 Å². The number of aromatic amines is 1. The van der Waals surface area contributed by atoms with E-state index in [1.807, 2.05) is 31.3 Å². The second-order valence-corrected chi connectivity index (χ2v) is 19.3. The van der Waals surface area contributed by atoms with Crippen molar-refractivity contribution in [3.63, 3.8) is 0 Å². The molecule has 3 saturated heterocycles. The number of fused-ring (bicyclic) bond motifs is 1. The quantitative estimate of drug-likeness (QED) is 0.0684. The summed E-state index contributed by atoms with van der Waals surface area (Å²) in [5.74, 6) is -2.88. The fourth-order valence-corrected chi connectivity index (χ4v) is 9.98. The Hall–Kier alpha value is -6.90. The Kier molecular flexibility index (Phi) is 16.7. The van der Waals surface area contributed by atoms with E-state index < -0.39 is 52.5 Å². The second-order valence-electron chi connectivity index (χ2n) is 19.3. The number of H-pyrrole nitrogens is 1. The highest BCUT2D eigenvalue weighted by Gasteiger charge is 2.47. The number of amides is 6. The number of halogens is 3. The minimum absolute atomic E-state index is 0.0346. The van der Waals surface area contributed by atoms with Crippen molar-refractivity contribution in [1.82, 2.24) is 34.8 Å². The molecule has 20 heteroatoms. The first-order valence-electron chi connectivity index (χ1n) is 25.1. The Morgan fingerprint density at radius 3 is 2.22 bits per heavy atom. The van der Waals surface area contributed by atoms with Crippen LogP contribution in [-0.4, -0.2) is 157 Å². The molecule has 3 fully saturated rings. The number of imide groups is 2. The summed E-state index contributed by atoms with van der Waals surface area (Å²) < 4.78 is 41.8. The average Bonchev–Trinajstić information content (AvgIpc) is 3.63. The van der Waals surface area contributed by atoms with Gasteiger partial charge in [-0.1, -0.05) is 49.6 Å². The van der Waals surface area contributed by atoms with Gasteiger partial charge >= 0.3 is 6.18 Å². The third-order valence-electron chi connectivity index (χ3n) is 14.2. The van der Waals surface area contributed by atoms with Gasteiger partial charge in [-0.25, -0.2) is 0 Å². The summed E-state index contributed by atoms with van der Waals surface area (Å²) in [6.45, 7) is 8.94. The molecule has 4 N–H and O–H groups in total. The molecule has 0 aliphatic carbocycles. The van der Waals surface area contributed by atoms with Crippen molar-refractivity contribution in [1.29, 1.82) is 0 Å². The Bertz CT molecular complexity index is 2770. The van der Waals surface area contributed by atoms with E-state index in [0.29, 0.717) is 55.7 Å². The van der Waals surface area contributed by atoms with Gasteiger partial charge in [-0.2, -0.15) is 13.2 Å². The van der Waals surface area contributed by atoms with E-state index in [-0.39, 0.29) is 35.8 Å². The van der Waals surface area contributed by atoms with E-state index in [9.17, 15) is 46.7 Å². The van der Waals surface area contributed by atoms with Crippen molar-refractivity contribution in [3.05, 3.63) is 111 Å². The predicted octanol–water partition coefficient (Wildman–Crippen LogP) is 5.49. The Morgan fingerprint density at radius 1 is 0.740 bits per heavy atom. The summed E-state index contributed by atoms with van der Waals surface area (Å²) in [6.07, 6.45) is 0.936. The molecule has 1 atom stereocenters. The number of rotatable bonds is 19. The normalized spacial score (nSPS) is 18.1. The summed E-state index contributed by atoms with van der Waals surface area (Å²) in [4.78, 5) is 103. The standard InChI is InChI=1S/C53H63F3N10O7/c1-61-22-28-65(29-23-61)43-16-15-37(31-42(43)60-49(70)39-33-59-46(68)32-40(39)53(54,55)56)36-11-8-10-35(30-36)34-64-26-24-63(25-27-64)21-20-58-45(67)14-6-4-3-5-7-19-57-41-13-9-12-38-48(41)52(73)66(50(38)71)44-17-18-47(69)62(2)51(44)72/h8-13,15-16,30-33,44,57H,3-7,14,17-29,34H2,1-2H3,(H,58,67)(H,59,68)(H,60,70). The van der Waals surface area contributed by atoms with Crippen LogP contribution in [0.5, 0.6) is 0 Å². The topological polar surface area (TPSA) is 191 Å².